The highest BCUT2D eigenvalue weighted by Crippen LogP contribution is 1.89. The van der Waals surface area contributed by atoms with Gasteiger partial charge in [0.2, 0.25) is 5.96 Å². The van der Waals surface area contributed by atoms with Gasteiger partial charge in [-0.1, -0.05) is 6.92 Å². The van der Waals surface area contributed by atoms with E-state index in [9.17, 15) is 0 Å². The van der Waals surface area contributed by atoms with E-state index in [1.54, 1.807) is 0 Å². The van der Waals surface area contributed by atoms with Gasteiger partial charge in [0.25, 0.3) is 0 Å². The van der Waals surface area contributed by atoms with Crippen molar-refractivity contribution in [2.24, 2.45) is 21.5 Å². The van der Waals surface area contributed by atoms with E-state index in [0.717, 1.165) is 6.42 Å². The maximum absolute atomic E-state index is 5.25. The van der Waals surface area contributed by atoms with Crippen molar-refractivity contribution >= 4 is 11.9 Å². The molecule has 0 aromatic rings. The van der Waals surface area contributed by atoms with E-state index in [4.69, 9.17) is 11.5 Å². The van der Waals surface area contributed by atoms with E-state index in [0.29, 0.717) is 18.5 Å². The summed E-state index contributed by atoms with van der Waals surface area (Å²) < 4.78 is 0. The number of hydrogen-bond acceptors (Lipinski definition) is 1. The van der Waals surface area contributed by atoms with Gasteiger partial charge in [0, 0.05) is 12.6 Å². The number of rotatable bonds is 3. The molecule has 1 unspecified atom stereocenters. The monoisotopic (exact) mass is 185 g/mol. The first kappa shape index (κ1) is 11.7. The SMILES string of the molecule is CCN=C(N=C(N)N)NC(C)CC. The molecule has 0 aliphatic heterocycles. The molecular weight excluding hydrogens is 166 g/mol. The summed E-state index contributed by atoms with van der Waals surface area (Å²) in [6.45, 7) is 6.72. The van der Waals surface area contributed by atoms with E-state index >= 15 is 0 Å². The summed E-state index contributed by atoms with van der Waals surface area (Å²) in [5, 5.41) is 3.10. The number of nitrogens with zero attached hydrogens (tertiary/aromatic N) is 2. The Bertz CT molecular complexity index is 193. The Morgan fingerprint density at radius 3 is 2.38 bits per heavy atom. The second-order valence-corrected chi connectivity index (χ2v) is 2.79. The van der Waals surface area contributed by atoms with Gasteiger partial charge < -0.3 is 16.8 Å². The van der Waals surface area contributed by atoms with Crippen LogP contribution in [0, 0.1) is 0 Å². The summed E-state index contributed by atoms with van der Waals surface area (Å²) >= 11 is 0. The second kappa shape index (κ2) is 6.28. The topological polar surface area (TPSA) is 88.8 Å². The van der Waals surface area contributed by atoms with Crippen LogP contribution in [0.4, 0.5) is 0 Å². The Labute approximate surface area is 79.3 Å². The molecule has 76 valence electrons. The zero-order chi connectivity index (χ0) is 10.3. The Kier molecular flexibility index (Phi) is 5.67. The van der Waals surface area contributed by atoms with E-state index in [1.165, 1.54) is 0 Å². The zero-order valence-electron chi connectivity index (χ0n) is 8.54. The lowest BCUT2D eigenvalue weighted by Gasteiger charge is -2.11. The average Bonchev–Trinajstić information content (AvgIpc) is 2.03. The predicted molar refractivity (Wildman–Crippen MR) is 56.7 cm³/mol. The Hall–Kier alpha value is -1.26. The maximum Gasteiger partial charge on any atom is 0.221 e. The van der Waals surface area contributed by atoms with Gasteiger partial charge in [-0.25, -0.2) is 0 Å². The number of nitrogens with two attached hydrogens (primary N) is 2. The molecule has 13 heavy (non-hydrogen) atoms. The maximum atomic E-state index is 5.25. The summed E-state index contributed by atoms with van der Waals surface area (Å²) in [5.74, 6) is 0.542. The number of guanidine groups is 2. The first-order chi connectivity index (χ1) is 6.10. The minimum absolute atomic E-state index is 0.0306. The molecule has 5 heteroatoms. The predicted octanol–water partition coefficient (Wildman–Crippen LogP) is 0.0238. The van der Waals surface area contributed by atoms with Crippen molar-refractivity contribution in [3.63, 3.8) is 0 Å². The van der Waals surface area contributed by atoms with Crippen molar-refractivity contribution in [1.82, 2.24) is 5.32 Å². The molecule has 0 aliphatic carbocycles. The number of aliphatic imine (C=N–C) groups is 2. The van der Waals surface area contributed by atoms with Crippen LogP contribution in [-0.2, 0) is 0 Å². The highest BCUT2D eigenvalue weighted by atomic mass is 15.2. The Balaban J connectivity index is 4.28. The minimum atomic E-state index is 0.0306. The fraction of sp³-hybridized carbons (Fsp3) is 0.750. The molecule has 0 saturated heterocycles. The second-order valence-electron chi connectivity index (χ2n) is 2.79. The molecule has 0 rings (SSSR count). The fourth-order valence-electron chi connectivity index (χ4n) is 0.708. The van der Waals surface area contributed by atoms with Crippen molar-refractivity contribution < 1.29 is 0 Å². The van der Waals surface area contributed by atoms with E-state index in [1.807, 2.05) is 13.8 Å². The molecule has 0 bridgehead atoms. The Morgan fingerprint density at radius 1 is 1.38 bits per heavy atom. The largest absolute Gasteiger partial charge is 0.370 e. The van der Waals surface area contributed by atoms with E-state index in [2.05, 4.69) is 22.2 Å². The van der Waals surface area contributed by atoms with Gasteiger partial charge in [0.05, 0.1) is 0 Å². The molecule has 0 aromatic carbocycles. The van der Waals surface area contributed by atoms with E-state index < -0.39 is 0 Å². The van der Waals surface area contributed by atoms with Crippen LogP contribution < -0.4 is 16.8 Å². The number of nitrogens with one attached hydrogen (secondary N) is 1. The van der Waals surface area contributed by atoms with Crippen LogP contribution in [0.15, 0.2) is 9.98 Å². The summed E-state index contributed by atoms with van der Waals surface area (Å²) in [7, 11) is 0. The van der Waals surface area contributed by atoms with Crippen LogP contribution in [0.25, 0.3) is 0 Å². The van der Waals surface area contributed by atoms with Crippen molar-refractivity contribution in [3.05, 3.63) is 0 Å². The summed E-state index contributed by atoms with van der Waals surface area (Å²) in [5.41, 5.74) is 10.5. The standard InChI is InChI=1S/C8H19N5/c1-4-6(3)12-8(11-5-2)13-7(9)10/h6H,4-5H2,1-3H3,(H5,9,10,11,12,13). The molecule has 0 amide bonds. The molecular formula is C8H19N5. The first-order valence-electron chi connectivity index (χ1n) is 4.50. The molecule has 0 saturated carbocycles. The third-order valence-corrected chi connectivity index (χ3v) is 1.53. The van der Waals surface area contributed by atoms with Gasteiger partial charge >= 0.3 is 0 Å². The minimum Gasteiger partial charge on any atom is -0.370 e. The molecule has 1 atom stereocenters. The smallest absolute Gasteiger partial charge is 0.221 e. The van der Waals surface area contributed by atoms with Crippen molar-refractivity contribution in [3.8, 4) is 0 Å². The normalized spacial score (nSPS) is 13.6. The zero-order valence-corrected chi connectivity index (χ0v) is 8.54. The summed E-state index contributed by atoms with van der Waals surface area (Å²) in [6.07, 6.45) is 1.00. The van der Waals surface area contributed by atoms with Gasteiger partial charge in [-0.05, 0) is 20.3 Å². The van der Waals surface area contributed by atoms with Crippen LogP contribution in [0.5, 0.6) is 0 Å². The van der Waals surface area contributed by atoms with Crippen LogP contribution in [-0.4, -0.2) is 24.5 Å². The quantitative estimate of drug-likeness (QED) is 0.428. The van der Waals surface area contributed by atoms with Gasteiger partial charge in [0.1, 0.15) is 0 Å². The molecule has 0 heterocycles. The van der Waals surface area contributed by atoms with Crippen LogP contribution in [0.1, 0.15) is 27.2 Å². The molecule has 0 aliphatic rings. The molecule has 0 radical (unpaired) electrons. The molecule has 0 spiro atoms. The van der Waals surface area contributed by atoms with E-state index in [-0.39, 0.29) is 5.96 Å². The number of hydrogen-bond donors (Lipinski definition) is 3. The van der Waals surface area contributed by atoms with Crippen molar-refractivity contribution in [2.75, 3.05) is 6.54 Å². The fourth-order valence-corrected chi connectivity index (χ4v) is 0.708. The summed E-state index contributed by atoms with van der Waals surface area (Å²) in [4.78, 5) is 7.98. The van der Waals surface area contributed by atoms with Gasteiger partial charge in [-0.3, -0.25) is 4.99 Å². The van der Waals surface area contributed by atoms with Crippen LogP contribution in [0.2, 0.25) is 0 Å². The molecule has 0 fully saturated rings. The lowest BCUT2D eigenvalue weighted by atomic mass is 10.3. The third kappa shape index (κ3) is 5.95. The molecule has 0 aromatic heterocycles. The van der Waals surface area contributed by atoms with Gasteiger partial charge in [-0.2, -0.15) is 4.99 Å². The molecule has 5 N–H and O–H groups in total. The van der Waals surface area contributed by atoms with Crippen LogP contribution >= 0.6 is 0 Å². The van der Waals surface area contributed by atoms with Crippen LogP contribution in [0.3, 0.4) is 0 Å². The highest BCUT2D eigenvalue weighted by molar-refractivity contribution is 5.93. The lowest BCUT2D eigenvalue weighted by Crippen LogP contribution is -2.34. The Morgan fingerprint density at radius 2 is 2.00 bits per heavy atom. The van der Waals surface area contributed by atoms with Gasteiger partial charge in [0.15, 0.2) is 5.96 Å². The van der Waals surface area contributed by atoms with Gasteiger partial charge in [-0.15, -0.1) is 0 Å². The average molecular weight is 185 g/mol. The highest BCUT2D eigenvalue weighted by Gasteiger charge is 2.01. The summed E-state index contributed by atoms with van der Waals surface area (Å²) in [6, 6.07) is 0.327. The lowest BCUT2D eigenvalue weighted by molar-refractivity contribution is 0.637. The molecule has 5 nitrogen and oxygen atoms in total. The van der Waals surface area contributed by atoms with Crippen molar-refractivity contribution in [2.45, 2.75) is 33.2 Å². The van der Waals surface area contributed by atoms with Crippen molar-refractivity contribution in [1.29, 1.82) is 0 Å². The third-order valence-electron chi connectivity index (χ3n) is 1.53. The first-order valence-corrected chi connectivity index (χ1v) is 4.50.